The third-order valence-electron chi connectivity index (χ3n) is 3.61. The SMILES string of the molecule is CN1CCC(CN(C)c2csc(C(=O)O)c2)CC1. The topological polar surface area (TPSA) is 43.8 Å². The van der Waals surface area contributed by atoms with Crippen molar-refractivity contribution >= 4 is 23.0 Å². The Balaban J connectivity index is 1.90. The first kappa shape index (κ1) is 13.4. The van der Waals surface area contributed by atoms with E-state index in [0.717, 1.165) is 18.2 Å². The van der Waals surface area contributed by atoms with Crippen molar-refractivity contribution in [3.63, 3.8) is 0 Å². The van der Waals surface area contributed by atoms with Gasteiger partial charge in [0.1, 0.15) is 4.88 Å². The van der Waals surface area contributed by atoms with Crippen molar-refractivity contribution in [1.82, 2.24) is 4.90 Å². The number of hydrogen-bond donors (Lipinski definition) is 1. The van der Waals surface area contributed by atoms with E-state index >= 15 is 0 Å². The van der Waals surface area contributed by atoms with Gasteiger partial charge in [-0.25, -0.2) is 4.79 Å². The van der Waals surface area contributed by atoms with Crippen molar-refractivity contribution in [2.45, 2.75) is 12.8 Å². The van der Waals surface area contributed by atoms with Gasteiger partial charge < -0.3 is 14.9 Å². The van der Waals surface area contributed by atoms with Crippen molar-refractivity contribution < 1.29 is 9.90 Å². The van der Waals surface area contributed by atoms with Gasteiger partial charge in [-0.05, 0) is 45.0 Å². The number of aromatic carboxylic acids is 1. The first-order valence-electron chi connectivity index (χ1n) is 6.28. The van der Waals surface area contributed by atoms with Crippen LogP contribution in [0.2, 0.25) is 0 Å². The van der Waals surface area contributed by atoms with Gasteiger partial charge in [0.05, 0.1) is 0 Å². The third kappa shape index (κ3) is 3.23. The van der Waals surface area contributed by atoms with Crippen molar-refractivity contribution in [3.8, 4) is 0 Å². The summed E-state index contributed by atoms with van der Waals surface area (Å²) in [5, 5.41) is 10.8. The number of carboxylic acid groups (broad SMARTS) is 1. The normalized spacial score (nSPS) is 17.9. The van der Waals surface area contributed by atoms with Crippen molar-refractivity contribution in [2.24, 2.45) is 5.92 Å². The lowest BCUT2D eigenvalue weighted by Gasteiger charge is -2.32. The largest absolute Gasteiger partial charge is 0.477 e. The van der Waals surface area contributed by atoms with Gasteiger partial charge in [-0.1, -0.05) is 0 Å². The summed E-state index contributed by atoms with van der Waals surface area (Å²) in [6, 6.07) is 1.77. The number of thiophene rings is 1. The number of rotatable bonds is 4. The molecule has 0 unspecified atom stereocenters. The summed E-state index contributed by atoms with van der Waals surface area (Å²) in [6.07, 6.45) is 2.47. The van der Waals surface area contributed by atoms with E-state index in [9.17, 15) is 4.79 Å². The Kier molecular flexibility index (Phi) is 4.24. The maximum absolute atomic E-state index is 10.8. The predicted molar refractivity (Wildman–Crippen MR) is 74.8 cm³/mol. The molecule has 0 aliphatic carbocycles. The smallest absolute Gasteiger partial charge is 0.345 e. The summed E-state index contributed by atoms with van der Waals surface area (Å²) < 4.78 is 0. The second kappa shape index (κ2) is 5.71. The van der Waals surface area contributed by atoms with E-state index in [1.807, 2.05) is 12.4 Å². The highest BCUT2D eigenvalue weighted by Crippen LogP contribution is 2.25. The van der Waals surface area contributed by atoms with Crippen molar-refractivity contribution in [1.29, 1.82) is 0 Å². The van der Waals surface area contributed by atoms with Crippen molar-refractivity contribution in [2.75, 3.05) is 38.6 Å². The van der Waals surface area contributed by atoms with Crippen LogP contribution in [0.15, 0.2) is 11.4 Å². The molecule has 1 aliphatic rings. The molecule has 1 aromatic heterocycles. The average Bonchev–Trinajstić information content (AvgIpc) is 2.81. The van der Waals surface area contributed by atoms with Crippen LogP contribution in [-0.4, -0.2) is 49.7 Å². The molecule has 2 heterocycles. The number of anilines is 1. The van der Waals surface area contributed by atoms with Gasteiger partial charge in [0.25, 0.3) is 0 Å². The first-order valence-corrected chi connectivity index (χ1v) is 7.15. The molecule has 0 saturated carbocycles. The van der Waals surface area contributed by atoms with Crippen LogP contribution in [-0.2, 0) is 0 Å². The molecule has 0 spiro atoms. The zero-order chi connectivity index (χ0) is 13.1. The molecule has 0 aromatic carbocycles. The minimum atomic E-state index is -0.834. The van der Waals surface area contributed by atoms with Crippen LogP contribution in [0.1, 0.15) is 22.5 Å². The number of piperidine rings is 1. The summed E-state index contributed by atoms with van der Waals surface area (Å²) >= 11 is 1.30. The molecule has 1 fully saturated rings. The number of carboxylic acids is 1. The van der Waals surface area contributed by atoms with Crippen LogP contribution in [0, 0.1) is 5.92 Å². The van der Waals surface area contributed by atoms with Gasteiger partial charge in [0, 0.05) is 24.7 Å². The summed E-state index contributed by atoms with van der Waals surface area (Å²) in [4.78, 5) is 15.8. The van der Waals surface area contributed by atoms with E-state index in [0.29, 0.717) is 4.88 Å². The highest BCUT2D eigenvalue weighted by Gasteiger charge is 2.19. The van der Waals surface area contributed by atoms with E-state index in [1.54, 1.807) is 6.07 Å². The minimum Gasteiger partial charge on any atom is -0.477 e. The van der Waals surface area contributed by atoms with Crippen LogP contribution in [0.3, 0.4) is 0 Å². The van der Waals surface area contributed by atoms with E-state index in [-0.39, 0.29) is 0 Å². The van der Waals surface area contributed by atoms with E-state index < -0.39 is 5.97 Å². The molecule has 4 nitrogen and oxygen atoms in total. The van der Waals surface area contributed by atoms with Gasteiger partial charge in [0.2, 0.25) is 0 Å². The summed E-state index contributed by atoms with van der Waals surface area (Å²) in [5.74, 6) is -0.113. The maximum Gasteiger partial charge on any atom is 0.345 e. The zero-order valence-corrected chi connectivity index (χ0v) is 11.7. The predicted octanol–water partition coefficient (Wildman–Crippen LogP) is 2.22. The molecule has 1 saturated heterocycles. The highest BCUT2D eigenvalue weighted by molar-refractivity contribution is 7.12. The Morgan fingerprint density at radius 3 is 2.78 bits per heavy atom. The molecule has 5 heteroatoms. The average molecular weight is 268 g/mol. The van der Waals surface area contributed by atoms with Crippen LogP contribution in [0.25, 0.3) is 0 Å². The molecular weight excluding hydrogens is 248 g/mol. The summed E-state index contributed by atoms with van der Waals surface area (Å²) in [6.45, 7) is 3.36. The second-order valence-corrected chi connectivity index (χ2v) is 6.01. The lowest BCUT2D eigenvalue weighted by molar-refractivity contribution is 0.0702. The molecule has 0 amide bonds. The fourth-order valence-corrected chi connectivity index (χ4v) is 3.16. The molecule has 0 radical (unpaired) electrons. The molecule has 2 rings (SSSR count). The van der Waals surface area contributed by atoms with Crippen molar-refractivity contribution in [3.05, 3.63) is 16.3 Å². The van der Waals surface area contributed by atoms with Gasteiger partial charge in [-0.3, -0.25) is 0 Å². The van der Waals surface area contributed by atoms with Crippen LogP contribution in [0.5, 0.6) is 0 Å². The van der Waals surface area contributed by atoms with Gasteiger partial charge in [-0.2, -0.15) is 0 Å². The van der Waals surface area contributed by atoms with E-state index in [2.05, 4.69) is 16.8 Å². The van der Waals surface area contributed by atoms with Gasteiger partial charge >= 0.3 is 5.97 Å². The molecule has 18 heavy (non-hydrogen) atoms. The Bertz CT molecular complexity index is 411. The number of carbonyl (C=O) groups is 1. The number of hydrogen-bond acceptors (Lipinski definition) is 4. The zero-order valence-electron chi connectivity index (χ0n) is 10.9. The molecule has 1 aliphatic heterocycles. The number of nitrogens with zero attached hydrogens (tertiary/aromatic N) is 2. The molecule has 0 atom stereocenters. The summed E-state index contributed by atoms with van der Waals surface area (Å²) in [7, 11) is 4.21. The van der Waals surface area contributed by atoms with Gasteiger partial charge in [0.15, 0.2) is 0 Å². The van der Waals surface area contributed by atoms with E-state index in [4.69, 9.17) is 5.11 Å². The fourth-order valence-electron chi connectivity index (χ4n) is 2.38. The number of likely N-dealkylation sites (tertiary alicyclic amines) is 1. The summed E-state index contributed by atoms with van der Waals surface area (Å²) in [5.41, 5.74) is 1.02. The van der Waals surface area contributed by atoms with Gasteiger partial charge in [-0.15, -0.1) is 11.3 Å². The Morgan fingerprint density at radius 1 is 1.56 bits per heavy atom. The quantitative estimate of drug-likeness (QED) is 0.909. The van der Waals surface area contributed by atoms with E-state index in [1.165, 1.54) is 37.3 Å². The van der Waals surface area contributed by atoms with Crippen LogP contribution in [0.4, 0.5) is 5.69 Å². The lowest BCUT2D eigenvalue weighted by atomic mass is 9.96. The molecule has 0 bridgehead atoms. The first-order chi connectivity index (χ1) is 8.56. The Morgan fingerprint density at radius 2 is 2.22 bits per heavy atom. The fraction of sp³-hybridized carbons (Fsp3) is 0.615. The standard InChI is InChI=1S/C13H20N2O2S/c1-14-5-3-10(4-6-14)8-15(2)11-7-12(13(16)17)18-9-11/h7,9-10H,3-6,8H2,1-2H3,(H,16,17). The third-order valence-corrected chi connectivity index (χ3v) is 4.51. The minimum absolute atomic E-state index is 0.417. The van der Waals surface area contributed by atoms with Crippen LogP contribution < -0.4 is 4.90 Å². The molecule has 1 N–H and O–H groups in total. The Hall–Kier alpha value is -1.07. The highest BCUT2D eigenvalue weighted by atomic mass is 32.1. The Labute approximate surface area is 112 Å². The molecule has 100 valence electrons. The maximum atomic E-state index is 10.8. The van der Waals surface area contributed by atoms with Crippen LogP contribution >= 0.6 is 11.3 Å². The molecule has 1 aromatic rings. The monoisotopic (exact) mass is 268 g/mol. The molecular formula is C13H20N2O2S. The lowest BCUT2D eigenvalue weighted by Crippen LogP contribution is -2.35. The second-order valence-electron chi connectivity index (χ2n) is 5.10.